The number of carbonyl (C=O) groups excluding carboxylic acids is 2. The number of aryl methyl sites for hydroxylation is 1. The van der Waals surface area contributed by atoms with E-state index in [4.69, 9.17) is 14.2 Å². The van der Waals surface area contributed by atoms with E-state index in [1.54, 1.807) is 30.3 Å². The van der Waals surface area contributed by atoms with Crippen molar-refractivity contribution >= 4 is 17.4 Å². The van der Waals surface area contributed by atoms with E-state index < -0.39 is 17.7 Å². The molecule has 1 heterocycles. The Bertz CT molecular complexity index is 1060. The van der Waals surface area contributed by atoms with Gasteiger partial charge in [-0.05, 0) is 43.2 Å². The first kappa shape index (κ1) is 23.2. The summed E-state index contributed by atoms with van der Waals surface area (Å²) in [5.74, 6) is -0.198. The van der Waals surface area contributed by atoms with Gasteiger partial charge < -0.3 is 24.2 Å². The molecule has 1 N–H and O–H groups in total. The van der Waals surface area contributed by atoms with Crippen molar-refractivity contribution in [2.75, 3.05) is 27.9 Å². The zero-order valence-corrected chi connectivity index (χ0v) is 19.1. The highest BCUT2D eigenvalue weighted by Crippen LogP contribution is 2.43. The molecule has 0 aromatic heterocycles. The lowest BCUT2D eigenvalue weighted by Gasteiger charge is -2.26. The number of aliphatic hydroxyl groups is 1. The van der Waals surface area contributed by atoms with Gasteiger partial charge in [0.05, 0.1) is 38.5 Å². The van der Waals surface area contributed by atoms with E-state index >= 15 is 0 Å². The molecule has 0 saturated carbocycles. The first-order valence-corrected chi connectivity index (χ1v) is 10.5. The molecule has 170 valence electrons. The van der Waals surface area contributed by atoms with Crippen molar-refractivity contribution in [2.45, 2.75) is 32.7 Å². The number of methoxy groups -OCH3 is 3. The number of unbranched alkanes of at least 4 members (excludes halogenated alkanes) is 1. The number of ketones is 1. The maximum atomic E-state index is 13.1. The quantitative estimate of drug-likeness (QED) is 0.376. The minimum Gasteiger partial charge on any atom is -0.507 e. The largest absolute Gasteiger partial charge is 0.507 e. The third-order valence-electron chi connectivity index (χ3n) is 5.63. The van der Waals surface area contributed by atoms with Crippen LogP contribution in [0.2, 0.25) is 0 Å². The Kier molecular flexibility index (Phi) is 7.08. The van der Waals surface area contributed by atoms with Gasteiger partial charge in [0.2, 0.25) is 0 Å². The number of aliphatic hydroxyl groups excluding tert-OH is 1. The highest BCUT2D eigenvalue weighted by atomic mass is 16.5. The standard InChI is InChI=1S/C25H29NO6/c1-6-7-12-26-22(16-9-11-19(31-4)20(14-16)32-5)21(24(28)25(26)29)23(27)17-13-15(2)8-10-18(17)30-3/h8-11,13-14,22,27H,6-7,12H2,1-5H3/b23-21+. The summed E-state index contributed by atoms with van der Waals surface area (Å²) in [4.78, 5) is 27.6. The van der Waals surface area contributed by atoms with Crippen molar-refractivity contribution in [1.29, 1.82) is 0 Å². The molecule has 7 heteroatoms. The molecule has 1 aliphatic heterocycles. The summed E-state index contributed by atoms with van der Waals surface area (Å²) in [6.07, 6.45) is 1.58. The second kappa shape index (κ2) is 9.77. The van der Waals surface area contributed by atoms with Gasteiger partial charge in [-0.15, -0.1) is 0 Å². The number of likely N-dealkylation sites (tertiary alicyclic amines) is 1. The van der Waals surface area contributed by atoms with Crippen molar-refractivity contribution < 1.29 is 28.9 Å². The molecule has 0 spiro atoms. The molecular weight excluding hydrogens is 410 g/mol. The summed E-state index contributed by atoms with van der Waals surface area (Å²) in [5.41, 5.74) is 1.93. The van der Waals surface area contributed by atoms with E-state index in [0.29, 0.717) is 34.9 Å². The van der Waals surface area contributed by atoms with E-state index in [0.717, 1.165) is 18.4 Å². The molecular formula is C25H29NO6. The number of carbonyl (C=O) groups is 2. The molecule has 1 amide bonds. The van der Waals surface area contributed by atoms with Gasteiger partial charge in [0, 0.05) is 6.54 Å². The van der Waals surface area contributed by atoms with E-state index in [1.807, 2.05) is 19.9 Å². The predicted molar refractivity (Wildman–Crippen MR) is 121 cm³/mol. The van der Waals surface area contributed by atoms with Gasteiger partial charge in [0.25, 0.3) is 11.7 Å². The van der Waals surface area contributed by atoms with E-state index in [-0.39, 0.29) is 11.3 Å². The van der Waals surface area contributed by atoms with Crippen LogP contribution in [-0.2, 0) is 9.59 Å². The smallest absolute Gasteiger partial charge is 0.295 e. The minimum absolute atomic E-state index is 0.0298. The fraction of sp³-hybridized carbons (Fsp3) is 0.360. The van der Waals surface area contributed by atoms with Gasteiger partial charge in [-0.2, -0.15) is 0 Å². The molecule has 3 rings (SSSR count). The lowest BCUT2D eigenvalue weighted by Crippen LogP contribution is -2.30. The summed E-state index contributed by atoms with van der Waals surface area (Å²) < 4.78 is 16.2. The van der Waals surface area contributed by atoms with Crippen molar-refractivity contribution in [2.24, 2.45) is 0 Å². The highest BCUT2D eigenvalue weighted by Gasteiger charge is 2.46. The highest BCUT2D eigenvalue weighted by molar-refractivity contribution is 6.46. The topological polar surface area (TPSA) is 85.3 Å². The molecule has 0 radical (unpaired) electrons. The summed E-state index contributed by atoms with van der Waals surface area (Å²) >= 11 is 0. The molecule has 0 aliphatic carbocycles. The van der Waals surface area contributed by atoms with Crippen LogP contribution in [0.3, 0.4) is 0 Å². The average Bonchev–Trinajstić information content (AvgIpc) is 3.06. The van der Waals surface area contributed by atoms with Crippen LogP contribution in [0.15, 0.2) is 42.0 Å². The predicted octanol–water partition coefficient (Wildman–Crippen LogP) is 4.24. The molecule has 1 atom stereocenters. The third-order valence-corrected chi connectivity index (χ3v) is 5.63. The second-order valence-electron chi connectivity index (χ2n) is 7.66. The average molecular weight is 440 g/mol. The zero-order valence-electron chi connectivity index (χ0n) is 19.1. The lowest BCUT2D eigenvalue weighted by molar-refractivity contribution is -0.139. The van der Waals surface area contributed by atoms with E-state index in [9.17, 15) is 14.7 Å². The van der Waals surface area contributed by atoms with Crippen LogP contribution in [0.1, 0.15) is 42.5 Å². The number of amides is 1. The lowest BCUT2D eigenvalue weighted by atomic mass is 9.94. The third kappa shape index (κ3) is 4.15. The van der Waals surface area contributed by atoms with Crippen LogP contribution in [0.4, 0.5) is 0 Å². The molecule has 2 aromatic carbocycles. The first-order chi connectivity index (χ1) is 15.4. The number of ether oxygens (including phenoxy) is 3. The maximum Gasteiger partial charge on any atom is 0.295 e. The van der Waals surface area contributed by atoms with Gasteiger partial charge >= 0.3 is 0 Å². The maximum absolute atomic E-state index is 13.1. The second-order valence-corrected chi connectivity index (χ2v) is 7.66. The van der Waals surface area contributed by atoms with Crippen LogP contribution in [0, 0.1) is 6.92 Å². The Balaban J connectivity index is 2.25. The Morgan fingerprint density at radius 1 is 0.969 bits per heavy atom. The van der Waals surface area contributed by atoms with Crippen LogP contribution in [0.5, 0.6) is 17.2 Å². The summed E-state index contributed by atoms with van der Waals surface area (Å²) in [5, 5.41) is 11.3. The Labute approximate surface area is 188 Å². The molecule has 1 aliphatic rings. The molecule has 0 bridgehead atoms. The number of Topliss-reactive ketones (excluding diaryl/α,β-unsaturated/α-hetero) is 1. The SMILES string of the molecule is CCCCN1C(=O)C(=O)/C(=C(/O)c2cc(C)ccc2OC)C1c1ccc(OC)c(OC)c1. The minimum atomic E-state index is -0.758. The molecule has 2 aromatic rings. The summed E-state index contributed by atoms with van der Waals surface area (Å²) in [6, 6.07) is 9.78. The van der Waals surface area contributed by atoms with Crippen molar-refractivity contribution in [3.05, 3.63) is 58.7 Å². The zero-order chi connectivity index (χ0) is 23.4. The molecule has 1 unspecified atom stereocenters. The van der Waals surface area contributed by atoms with Crippen molar-refractivity contribution in [3.8, 4) is 17.2 Å². The number of hydrogen-bond acceptors (Lipinski definition) is 6. The fourth-order valence-corrected chi connectivity index (χ4v) is 3.96. The number of nitrogens with zero attached hydrogens (tertiary/aromatic N) is 1. The van der Waals surface area contributed by atoms with Crippen LogP contribution in [0.25, 0.3) is 5.76 Å². The fourth-order valence-electron chi connectivity index (χ4n) is 3.96. The van der Waals surface area contributed by atoms with Crippen LogP contribution in [-0.4, -0.2) is 49.6 Å². The first-order valence-electron chi connectivity index (χ1n) is 10.5. The van der Waals surface area contributed by atoms with Gasteiger partial charge in [-0.1, -0.05) is 31.0 Å². The molecule has 7 nitrogen and oxygen atoms in total. The number of hydrogen-bond donors (Lipinski definition) is 1. The van der Waals surface area contributed by atoms with E-state index in [1.165, 1.54) is 26.2 Å². The number of rotatable bonds is 8. The van der Waals surface area contributed by atoms with Gasteiger partial charge in [-0.3, -0.25) is 9.59 Å². The van der Waals surface area contributed by atoms with Crippen LogP contribution < -0.4 is 14.2 Å². The van der Waals surface area contributed by atoms with Gasteiger partial charge in [-0.25, -0.2) is 0 Å². The van der Waals surface area contributed by atoms with Gasteiger partial charge in [0.1, 0.15) is 11.5 Å². The van der Waals surface area contributed by atoms with E-state index in [2.05, 4.69) is 0 Å². The van der Waals surface area contributed by atoms with Gasteiger partial charge in [0.15, 0.2) is 11.5 Å². The monoisotopic (exact) mass is 439 g/mol. The number of benzene rings is 2. The summed E-state index contributed by atoms with van der Waals surface area (Å²) in [6.45, 7) is 4.28. The van der Waals surface area contributed by atoms with Crippen molar-refractivity contribution in [1.82, 2.24) is 4.90 Å². The molecule has 32 heavy (non-hydrogen) atoms. The molecule has 1 saturated heterocycles. The summed E-state index contributed by atoms with van der Waals surface area (Å²) in [7, 11) is 4.55. The Hall–Kier alpha value is -3.48. The Morgan fingerprint density at radius 3 is 2.25 bits per heavy atom. The van der Waals surface area contributed by atoms with Crippen LogP contribution >= 0.6 is 0 Å². The molecule has 1 fully saturated rings. The normalized spacial score (nSPS) is 17.5. The Morgan fingerprint density at radius 2 is 1.62 bits per heavy atom. The van der Waals surface area contributed by atoms with Crippen molar-refractivity contribution in [3.63, 3.8) is 0 Å².